The third-order valence-electron chi connectivity index (χ3n) is 6.02. The largest absolute Gasteiger partial charge is 0.497 e. The van der Waals surface area contributed by atoms with Gasteiger partial charge in [0.15, 0.2) is 0 Å². The number of hydrogen-bond acceptors (Lipinski definition) is 8. The molecule has 2 heterocycles. The van der Waals surface area contributed by atoms with E-state index in [0.717, 1.165) is 26.9 Å². The summed E-state index contributed by atoms with van der Waals surface area (Å²) in [5, 5.41) is 0.902. The highest BCUT2D eigenvalue weighted by Crippen LogP contribution is 2.41. The first kappa shape index (κ1) is 27.0. The molecule has 0 bridgehead atoms. The predicted octanol–water partition coefficient (Wildman–Crippen LogP) is 5.39. The molecular formula is C28H31FN6O2S. The van der Waals surface area contributed by atoms with Crippen LogP contribution in [0.4, 0.5) is 21.7 Å². The van der Waals surface area contributed by atoms with Gasteiger partial charge in [-0.15, -0.1) is 11.3 Å². The van der Waals surface area contributed by atoms with Crippen molar-refractivity contribution in [2.45, 2.75) is 26.2 Å². The SMILES string of the molecule is COc1ccc(N(C)CCN(C=O)c2cc(-c3sc(C(C)(C)C)nc3-c3ccnc(N)n3)ccc2F)cc1. The fourth-order valence-electron chi connectivity index (χ4n) is 3.84. The first-order valence-corrected chi connectivity index (χ1v) is 12.9. The highest BCUT2D eigenvalue weighted by atomic mass is 32.1. The third-order valence-corrected chi connectivity index (χ3v) is 7.55. The molecule has 1 amide bonds. The van der Waals surface area contributed by atoms with Crippen LogP contribution in [0.15, 0.2) is 54.7 Å². The minimum atomic E-state index is -0.485. The molecule has 0 unspecified atom stereocenters. The van der Waals surface area contributed by atoms with Crippen LogP contribution >= 0.6 is 11.3 Å². The van der Waals surface area contributed by atoms with Crippen molar-refractivity contribution in [2.24, 2.45) is 0 Å². The molecule has 10 heteroatoms. The number of aromatic nitrogens is 3. The summed E-state index contributed by atoms with van der Waals surface area (Å²) < 4.78 is 20.3. The van der Waals surface area contributed by atoms with E-state index in [0.29, 0.717) is 24.3 Å². The van der Waals surface area contributed by atoms with Gasteiger partial charge in [-0.05, 0) is 48.0 Å². The van der Waals surface area contributed by atoms with Gasteiger partial charge in [0.1, 0.15) is 17.3 Å². The van der Waals surface area contributed by atoms with Gasteiger partial charge in [0, 0.05) is 37.4 Å². The summed E-state index contributed by atoms with van der Waals surface area (Å²) in [7, 11) is 3.54. The first-order chi connectivity index (χ1) is 18.1. The molecule has 0 spiro atoms. The Labute approximate surface area is 225 Å². The molecular weight excluding hydrogens is 503 g/mol. The maximum Gasteiger partial charge on any atom is 0.220 e. The summed E-state index contributed by atoms with van der Waals surface area (Å²) in [5.41, 5.74) is 8.74. The van der Waals surface area contributed by atoms with Gasteiger partial charge in [-0.1, -0.05) is 26.8 Å². The zero-order valence-electron chi connectivity index (χ0n) is 22.1. The Hall–Kier alpha value is -4.05. The van der Waals surface area contributed by atoms with Gasteiger partial charge in [-0.25, -0.2) is 19.3 Å². The van der Waals surface area contributed by atoms with Crippen LogP contribution in [-0.4, -0.2) is 48.6 Å². The van der Waals surface area contributed by atoms with E-state index in [-0.39, 0.29) is 23.6 Å². The van der Waals surface area contributed by atoms with E-state index in [1.807, 2.05) is 36.2 Å². The van der Waals surface area contributed by atoms with Gasteiger partial charge >= 0.3 is 0 Å². The Morgan fingerprint density at radius 2 is 1.82 bits per heavy atom. The Kier molecular flexibility index (Phi) is 7.91. The van der Waals surface area contributed by atoms with Crippen molar-refractivity contribution in [1.29, 1.82) is 0 Å². The van der Waals surface area contributed by atoms with Crippen molar-refractivity contribution in [3.05, 3.63) is 65.6 Å². The normalized spacial score (nSPS) is 11.3. The van der Waals surface area contributed by atoms with Crippen LogP contribution in [0.3, 0.4) is 0 Å². The summed E-state index contributed by atoms with van der Waals surface area (Å²) >= 11 is 1.51. The van der Waals surface area contributed by atoms with Crippen LogP contribution in [0, 0.1) is 5.82 Å². The summed E-state index contributed by atoms with van der Waals surface area (Å²) in [6.45, 7) is 7.03. The molecule has 2 aromatic carbocycles. The van der Waals surface area contributed by atoms with Crippen molar-refractivity contribution in [3.8, 4) is 27.6 Å². The molecule has 2 N–H and O–H groups in total. The summed E-state index contributed by atoms with van der Waals surface area (Å²) in [6, 6.07) is 14.1. The minimum Gasteiger partial charge on any atom is -0.497 e. The van der Waals surface area contributed by atoms with E-state index in [2.05, 4.69) is 30.7 Å². The number of methoxy groups -OCH3 is 1. The van der Waals surface area contributed by atoms with Crippen LogP contribution in [-0.2, 0) is 10.2 Å². The molecule has 0 atom stereocenters. The highest BCUT2D eigenvalue weighted by Gasteiger charge is 2.25. The van der Waals surface area contributed by atoms with Crippen LogP contribution in [0.5, 0.6) is 5.75 Å². The van der Waals surface area contributed by atoms with E-state index >= 15 is 4.39 Å². The molecule has 0 radical (unpaired) electrons. The molecule has 0 aliphatic rings. The van der Waals surface area contributed by atoms with Crippen LogP contribution in [0.1, 0.15) is 25.8 Å². The second-order valence-corrected chi connectivity index (χ2v) is 10.8. The van der Waals surface area contributed by atoms with Gasteiger partial charge in [0.25, 0.3) is 0 Å². The molecule has 4 rings (SSSR count). The number of nitrogens with two attached hydrogens (primary N) is 1. The molecule has 0 fully saturated rings. The number of hydrogen-bond donors (Lipinski definition) is 1. The standard InChI is InChI=1S/C28H31FN6O2S/c1-28(2,3)26-33-24(22-12-13-31-27(30)32-22)25(38-26)18-6-11-21(29)23(16-18)35(17-36)15-14-34(4)19-7-9-20(37-5)10-8-19/h6-13,16-17H,14-15H2,1-5H3,(H2,30,31,32). The monoisotopic (exact) mass is 534 g/mol. The number of nitrogen functional groups attached to an aromatic ring is 1. The van der Waals surface area contributed by atoms with Crippen molar-refractivity contribution in [2.75, 3.05) is 42.8 Å². The number of benzene rings is 2. The number of anilines is 3. The average molecular weight is 535 g/mol. The lowest BCUT2D eigenvalue weighted by Gasteiger charge is -2.24. The Morgan fingerprint density at radius 3 is 2.45 bits per heavy atom. The highest BCUT2D eigenvalue weighted by molar-refractivity contribution is 7.15. The second kappa shape index (κ2) is 11.1. The first-order valence-electron chi connectivity index (χ1n) is 12.1. The quantitative estimate of drug-likeness (QED) is 0.287. The fourth-order valence-corrected chi connectivity index (χ4v) is 4.97. The van der Waals surface area contributed by atoms with Gasteiger partial charge in [0.2, 0.25) is 12.4 Å². The maximum atomic E-state index is 15.0. The lowest BCUT2D eigenvalue weighted by Crippen LogP contribution is -2.33. The number of amides is 1. The molecule has 8 nitrogen and oxygen atoms in total. The van der Waals surface area contributed by atoms with Crippen molar-refractivity contribution >= 4 is 35.1 Å². The number of carbonyl (C=O) groups excluding carboxylic acids is 1. The topological polar surface area (TPSA) is 97.5 Å². The third kappa shape index (κ3) is 5.91. The van der Waals surface area contributed by atoms with E-state index < -0.39 is 5.82 Å². The van der Waals surface area contributed by atoms with E-state index in [9.17, 15) is 4.79 Å². The molecule has 38 heavy (non-hydrogen) atoms. The van der Waals surface area contributed by atoms with Gasteiger partial charge in [-0.2, -0.15) is 0 Å². The van der Waals surface area contributed by atoms with Crippen molar-refractivity contribution in [3.63, 3.8) is 0 Å². The molecule has 0 aliphatic carbocycles. The van der Waals surface area contributed by atoms with Gasteiger partial charge in [-0.3, -0.25) is 4.79 Å². The van der Waals surface area contributed by atoms with Gasteiger partial charge < -0.3 is 20.3 Å². The molecule has 2 aromatic heterocycles. The van der Waals surface area contributed by atoms with Crippen molar-refractivity contribution in [1.82, 2.24) is 15.0 Å². The smallest absolute Gasteiger partial charge is 0.220 e. The second-order valence-electron chi connectivity index (χ2n) is 9.83. The minimum absolute atomic E-state index is 0.145. The molecule has 198 valence electrons. The lowest BCUT2D eigenvalue weighted by molar-refractivity contribution is -0.107. The zero-order valence-corrected chi connectivity index (χ0v) is 22.9. The zero-order chi connectivity index (χ0) is 27.4. The van der Waals surface area contributed by atoms with Crippen LogP contribution in [0.25, 0.3) is 21.8 Å². The molecule has 0 aliphatic heterocycles. The number of rotatable bonds is 9. The van der Waals surface area contributed by atoms with E-state index in [4.69, 9.17) is 15.5 Å². The summed E-state index contributed by atoms with van der Waals surface area (Å²) in [4.78, 5) is 29.5. The molecule has 4 aromatic rings. The fraction of sp³-hybridized carbons (Fsp3) is 0.286. The number of nitrogens with zero attached hydrogens (tertiary/aromatic N) is 5. The Morgan fingerprint density at radius 1 is 1.08 bits per heavy atom. The van der Waals surface area contributed by atoms with E-state index in [1.165, 1.54) is 22.3 Å². The number of likely N-dealkylation sites (N-methyl/N-ethyl adjacent to an activating group) is 1. The predicted molar refractivity (Wildman–Crippen MR) is 151 cm³/mol. The number of thiazole rings is 1. The lowest BCUT2D eigenvalue weighted by atomic mass is 9.98. The molecule has 0 saturated carbocycles. The summed E-state index contributed by atoms with van der Waals surface area (Å²) in [6.07, 6.45) is 2.24. The number of halogens is 1. The number of carbonyl (C=O) groups is 1. The van der Waals surface area contributed by atoms with Gasteiger partial charge in [0.05, 0.1) is 28.4 Å². The number of ether oxygens (including phenoxy) is 1. The van der Waals surface area contributed by atoms with Crippen molar-refractivity contribution < 1.29 is 13.9 Å². The maximum absolute atomic E-state index is 15.0. The summed E-state index contributed by atoms with van der Waals surface area (Å²) in [5.74, 6) is 0.422. The van der Waals surface area contributed by atoms with E-state index in [1.54, 1.807) is 31.5 Å². The average Bonchev–Trinajstić information content (AvgIpc) is 3.36. The molecule has 0 saturated heterocycles. The van der Waals surface area contributed by atoms with Crippen LogP contribution in [0.2, 0.25) is 0 Å². The Bertz CT molecular complexity index is 1420. The Balaban J connectivity index is 1.66. The van der Waals surface area contributed by atoms with Crippen LogP contribution < -0.4 is 20.3 Å².